The summed E-state index contributed by atoms with van der Waals surface area (Å²) in [6.07, 6.45) is 10.7. The van der Waals surface area contributed by atoms with E-state index in [4.69, 9.17) is 10.9 Å². The average Bonchev–Trinajstić information content (AvgIpc) is 3.03. The molecular formula is C16H27N3O2. The topological polar surface area (TPSA) is 78.9 Å². The molecule has 0 spiro atoms. The molecule has 5 heteroatoms. The molecule has 2 saturated carbocycles. The van der Waals surface area contributed by atoms with Gasteiger partial charge in [0.2, 0.25) is 5.91 Å². The molecule has 2 atom stereocenters. The summed E-state index contributed by atoms with van der Waals surface area (Å²) in [6, 6.07) is 0.393. The molecule has 0 aromatic heterocycles. The summed E-state index contributed by atoms with van der Waals surface area (Å²) >= 11 is 0. The molecule has 1 amide bonds. The molecular weight excluding hydrogens is 266 g/mol. The van der Waals surface area contributed by atoms with E-state index in [1.165, 1.54) is 25.7 Å². The largest absolute Gasteiger partial charge is 0.409 e. The normalized spacial score (nSPS) is 32.8. The van der Waals surface area contributed by atoms with Gasteiger partial charge in [0, 0.05) is 12.6 Å². The fraction of sp³-hybridized carbons (Fsp3) is 0.875. The number of hydrogen-bond donors (Lipinski definition) is 2. The van der Waals surface area contributed by atoms with Crippen LogP contribution < -0.4 is 5.73 Å². The fourth-order valence-electron chi connectivity index (χ4n) is 4.81. The van der Waals surface area contributed by atoms with E-state index in [-0.39, 0.29) is 11.7 Å². The third kappa shape index (κ3) is 2.40. The summed E-state index contributed by atoms with van der Waals surface area (Å²) in [5.74, 6) is 0.928. The smallest absolute Gasteiger partial charge is 0.236 e. The Balaban J connectivity index is 1.85. The number of nitrogens with two attached hydrogens (primary N) is 1. The van der Waals surface area contributed by atoms with Crippen LogP contribution in [-0.4, -0.2) is 34.4 Å². The summed E-state index contributed by atoms with van der Waals surface area (Å²) in [6.45, 7) is 0.848. The van der Waals surface area contributed by atoms with E-state index in [0.29, 0.717) is 12.0 Å². The maximum absolute atomic E-state index is 13.2. The van der Waals surface area contributed by atoms with Crippen molar-refractivity contribution in [3.8, 4) is 0 Å². The van der Waals surface area contributed by atoms with Crippen molar-refractivity contribution in [2.24, 2.45) is 22.2 Å². The van der Waals surface area contributed by atoms with Gasteiger partial charge >= 0.3 is 0 Å². The van der Waals surface area contributed by atoms with E-state index in [1.54, 1.807) is 0 Å². The van der Waals surface area contributed by atoms with Gasteiger partial charge in [0.15, 0.2) is 5.84 Å². The summed E-state index contributed by atoms with van der Waals surface area (Å²) in [7, 11) is 0. The quantitative estimate of drug-likeness (QED) is 0.355. The molecule has 0 unspecified atom stereocenters. The van der Waals surface area contributed by atoms with Gasteiger partial charge in [-0.3, -0.25) is 4.79 Å². The molecule has 0 aromatic carbocycles. The zero-order valence-electron chi connectivity index (χ0n) is 12.8. The van der Waals surface area contributed by atoms with E-state index >= 15 is 0 Å². The van der Waals surface area contributed by atoms with Crippen molar-refractivity contribution in [1.82, 2.24) is 4.90 Å². The second-order valence-electron chi connectivity index (χ2n) is 7.03. The molecule has 5 nitrogen and oxygen atoms in total. The minimum atomic E-state index is -0.728. The van der Waals surface area contributed by atoms with Crippen LogP contribution in [0.1, 0.15) is 64.2 Å². The Morgan fingerprint density at radius 3 is 2.48 bits per heavy atom. The molecule has 21 heavy (non-hydrogen) atoms. The summed E-state index contributed by atoms with van der Waals surface area (Å²) in [5, 5.41) is 12.3. The maximum Gasteiger partial charge on any atom is 0.236 e. The molecule has 0 aromatic rings. The van der Waals surface area contributed by atoms with Crippen molar-refractivity contribution >= 4 is 11.7 Å². The Morgan fingerprint density at radius 1 is 1.10 bits per heavy atom. The Labute approximate surface area is 126 Å². The molecule has 2 aliphatic carbocycles. The number of nitrogens with zero attached hydrogens (tertiary/aromatic N) is 2. The van der Waals surface area contributed by atoms with E-state index in [0.717, 1.165) is 45.1 Å². The van der Waals surface area contributed by atoms with E-state index in [9.17, 15) is 4.79 Å². The third-order valence-corrected chi connectivity index (χ3v) is 5.97. The number of hydrogen-bond acceptors (Lipinski definition) is 3. The highest BCUT2D eigenvalue weighted by Gasteiger charge is 2.50. The number of carbonyl (C=O) groups is 1. The van der Waals surface area contributed by atoms with Gasteiger partial charge in [0.1, 0.15) is 5.41 Å². The van der Waals surface area contributed by atoms with Gasteiger partial charge < -0.3 is 15.8 Å². The van der Waals surface area contributed by atoms with Crippen molar-refractivity contribution in [1.29, 1.82) is 0 Å². The number of fused-ring (bicyclic) bond motifs is 1. The van der Waals surface area contributed by atoms with Gasteiger partial charge in [-0.25, -0.2) is 0 Å². The van der Waals surface area contributed by atoms with Crippen LogP contribution in [-0.2, 0) is 4.79 Å². The molecule has 1 aliphatic heterocycles. The van der Waals surface area contributed by atoms with Gasteiger partial charge in [-0.15, -0.1) is 0 Å². The molecule has 1 saturated heterocycles. The second-order valence-corrected chi connectivity index (χ2v) is 7.03. The first-order chi connectivity index (χ1) is 10.2. The van der Waals surface area contributed by atoms with Crippen molar-refractivity contribution in [3.05, 3.63) is 0 Å². The molecule has 1 heterocycles. The first kappa shape index (κ1) is 14.7. The highest BCUT2D eigenvalue weighted by Crippen LogP contribution is 2.43. The Kier molecular flexibility index (Phi) is 4.09. The lowest BCUT2D eigenvalue weighted by Gasteiger charge is -2.47. The third-order valence-electron chi connectivity index (χ3n) is 5.97. The van der Waals surface area contributed by atoms with Crippen LogP contribution in [0.15, 0.2) is 5.16 Å². The van der Waals surface area contributed by atoms with E-state index in [2.05, 4.69) is 10.1 Å². The van der Waals surface area contributed by atoms with Crippen LogP contribution in [0.3, 0.4) is 0 Å². The summed E-state index contributed by atoms with van der Waals surface area (Å²) in [4.78, 5) is 15.3. The van der Waals surface area contributed by atoms with Gasteiger partial charge in [-0.2, -0.15) is 0 Å². The predicted molar refractivity (Wildman–Crippen MR) is 81.0 cm³/mol. The highest BCUT2D eigenvalue weighted by molar-refractivity contribution is 6.07. The van der Waals surface area contributed by atoms with Crippen molar-refractivity contribution in [3.63, 3.8) is 0 Å². The van der Waals surface area contributed by atoms with Crippen molar-refractivity contribution in [2.45, 2.75) is 70.3 Å². The van der Waals surface area contributed by atoms with Gasteiger partial charge in [0.05, 0.1) is 0 Å². The van der Waals surface area contributed by atoms with Gasteiger partial charge in [-0.1, -0.05) is 30.8 Å². The zero-order chi connectivity index (χ0) is 14.9. The highest BCUT2D eigenvalue weighted by atomic mass is 16.4. The van der Waals surface area contributed by atoms with E-state index < -0.39 is 5.41 Å². The fourth-order valence-corrected chi connectivity index (χ4v) is 4.81. The molecule has 0 bridgehead atoms. The van der Waals surface area contributed by atoms with Crippen LogP contribution in [0, 0.1) is 11.3 Å². The maximum atomic E-state index is 13.2. The monoisotopic (exact) mass is 293 g/mol. The van der Waals surface area contributed by atoms with Crippen LogP contribution in [0.25, 0.3) is 0 Å². The van der Waals surface area contributed by atoms with Crippen LogP contribution in [0.5, 0.6) is 0 Å². The second kappa shape index (κ2) is 5.85. The minimum absolute atomic E-state index is 0.128. The SMILES string of the molecule is NC(=NO)C1(C(=O)N2CCC[C@H]3CCCC[C@H]32)CCCC1. The van der Waals surface area contributed by atoms with Crippen LogP contribution in [0.2, 0.25) is 0 Å². The lowest BCUT2D eigenvalue weighted by atomic mass is 9.75. The van der Waals surface area contributed by atoms with Crippen molar-refractivity contribution in [2.75, 3.05) is 6.54 Å². The lowest BCUT2D eigenvalue weighted by molar-refractivity contribution is -0.144. The summed E-state index contributed by atoms with van der Waals surface area (Å²) < 4.78 is 0. The molecule has 3 fully saturated rings. The van der Waals surface area contributed by atoms with Gasteiger partial charge in [0.25, 0.3) is 0 Å². The van der Waals surface area contributed by atoms with E-state index in [1.807, 2.05) is 0 Å². The van der Waals surface area contributed by atoms with Crippen LogP contribution in [0.4, 0.5) is 0 Å². The Bertz CT molecular complexity index is 427. The Morgan fingerprint density at radius 2 is 1.76 bits per heavy atom. The number of carbonyl (C=O) groups excluding carboxylic acids is 1. The number of amidine groups is 1. The number of amides is 1. The standard InChI is InChI=1S/C16H27N3O2/c17-14(18-21)16(9-3-4-10-16)15(20)19-11-5-7-12-6-1-2-8-13(12)19/h12-13,21H,1-11H2,(H2,17,18)/t12-,13-/m1/s1. The summed E-state index contributed by atoms with van der Waals surface area (Å²) in [5.41, 5.74) is 5.21. The number of rotatable bonds is 2. The molecule has 3 rings (SSSR count). The minimum Gasteiger partial charge on any atom is -0.409 e. The number of oxime groups is 1. The Hall–Kier alpha value is -1.26. The van der Waals surface area contributed by atoms with Gasteiger partial charge in [-0.05, 0) is 44.4 Å². The molecule has 118 valence electrons. The molecule has 0 radical (unpaired) electrons. The number of piperidine rings is 1. The zero-order valence-corrected chi connectivity index (χ0v) is 12.8. The average molecular weight is 293 g/mol. The predicted octanol–water partition coefficient (Wildman–Crippen LogP) is 2.47. The lowest BCUT2D eigenvalue weighted by Crippen LogP contribution is -2.57. The first-order valence-electron chi connectivity index (χ1n) is 8.48. The molecule has 3 N–H and O–H groups in total. The first-order valence-corrected chi connectivity index (χ1v) is 8.48. The number of likely N-dealkylation sites (tertiary alicyclic amines) is 1. The molecule has 3 aliphatic rings. The van der Waals surface area contributed by atoms with Crippen LogP contribution >= 0.6 is 0 Å². The van der Waals surface area contributed by atoms with Crippen molar-refractivity contribution < 1.29 is 10.0 Å².